The third-order valence-corrected chi connectivity index (χ3v) is 5.46. The molecule has 152 valence electrons. The number of carbonyl (C=O) groups is 1. The predicted molar refractivity (Wildman–Crippen MR) is 108 cm³/mol. The second-order valence-electron chi connectivity index (χ2n) is 7.50. The fourth-order valence-corrected chi connectivity index (χ4v) is 3.95. The number of Topliss-reactive ketones (excluding diaryl/α,β-unsaturated/α-hetero) is 1. The number of ketones is 1. The van der Waals surface area contributed by atoms with E-state index in [1.165, 1.54) is 12.1 Å². The van der Waals surface area contributed by atoms with Crippen LogP contribution in [0, 0.1) is 5.82 Å². The van der Waals surface area contributed by atoms with Crippen molar-refractivity contribution in [3.8, 4) is 11.1 Å². The van der Waals surface area contributed by atoms with E-state index in [0.717, 1.165) is 29.6 Å². The second-order valence-corrected chi connectivity index (χ2v) is 7.50. The largest absolute Gasteiger partial charge is 0.391 e. The first kappa shape index (κ1) is 19.7. The molecule has 0 radical (unpaired) electrons. The number of benzene rings is 2. The average molecular weight is 397 g/mol. The zero-order chi connectivity index (χ0) is 20.4. The Morgan fingerprint density at radius 1 is 1.24 bits per heavy atom. The number of imidazole rings is 1. The first-order valence-corrected chi connectivity index (χ1v) is 9.84. The van der Waals surface area contributed by atoms with Gasteiger partial charge in [0.1, 0.15) is 18.2 Å². The highest BCUT2D eigenvalue weighted by atomic mass is 19.1. The normalized spacial score (nSPS) is 19.6. The molecule has 1 aliphatic rings. The maximum absolute atomic E-state index is 13.5. The van der Waals surface area contributed by atoms with Crippen molar-refractivity contribution in [2.75, 3.05) is 6.54 Å². The molecule has 0 aliphatic carbocycles. The van der Waals surface area contributed by atoms with Gasteiger partial charge in [0.2, 0.25) is 0 Å². The lowest BCUT2D eigenvalue weighted by Crippen LogP contribution is -2.46. The molecule has 29 heavy (non-hydrogen) atoms. The molecule has 3 aromatic rings. The van der Waals surface area contributed by atoms with E-state index in [9.17, 15) is 19.4 Å². The molecule has 7 heteroatoms. The van der Waals surface area contributed by atoms with Crippen LogP contribution in [0.5, 0.6) is 0 Å². The fraction of sp³-hybridized carbons (Fsp3) is 0.364. The topological polar surface area (TPSA) is 87.4 Å². The standard InChI is InChI=1S/C22H24FN3O3/c23-16-4-1-3-14(9-16)15-6-7-20-18(10-15)25-22(13-27)26(20)12-17(28)11-19-21(29)5-2-8-24-19/h1,3-4,6-7,9-10,19,21,24,27,29H,2,5,8,11-13H2/t19-,21+/m1/s1. The molecule has 0 unspecified atom stereocenters. The number of aliphatic hydroxyl groups excluding tert-OH is 2. The minimum Gasteiger partial charge on any atom is -0.391 e. The van der Waals surface area contributed by atoms with Crippen LogP contribution in [-0.4, -0.2) is 44.2 Å². The lowest BCUT2D eigenvalue weighted by atomic mass is 9.97. The minimum atomic E-state index is -0.515. The van der Waals surface area contributed by atoms with Gasteiger partial charge in [-0.1, -0.05) is 18.2 Å². The Bertz CT molecular complexity index is 1030. The van der Waals surface area contributed by atoms with Gasteiger partial charge in [0, 0.05) is 12.5 Å². The number of nitrogens with zero attached hydrogens (tertiary/aromatic N) is 2. The Balaban J connectivity index is 1.59. The summed E-state index contributed by atoms with van der Waals surface area (Å²) in [6.07, 6.45) is 1.32. The smallest absolute Gasteiger partial charge is 0.154 e. The van der Waals surface area contributed by atoms with Crippen molar-refractivity contribution >= 4 is 16.8 Å². The summed E-state index contributed by atoms with van der Waals surface area (Å²) >= 11 is 0. The van der Waals surface area contributed by atoms with E-state index in [1.54, 1.807) is 10.6 Å². The second kappa shape index (κ2) is 8.41. The molecular weight excluding hydrogens is 373 g/mol. The molecule has 1 aliphatic heterocycles. The average Bonchev–Trinajstić information content (AvgIpc) is 3.06. The lowest BCUT2D eigenvalue weighted by molar-refractivity contribution is -0.121. The Morgan fingerprint density at radius 3 is 2.83 bits per heavy atom. The van der Waals surface area contributed by atoms with Crippen molar-refractivity contribution < 1.29 is 19.4 Å². The third kappa shape index (κ3) is 4.22. The highest BCUT2D eigenvalue weighted by molar-refractivity contribution is 5.85. The minimum absolute atomic E-state index is 0.0355. The summed E-state index contributed by atoms with van der Waals surface area (Å²) in [6, 6.07) is 11.6. The van der Waals surface area contributed by atoms with Crippen LogP contribution in [0.1, 0.15) is 25.1 Å². The van der Waals surface area contributed by atoms with Gasteiger partial charge >= 0.3 is 0 Å². The highest BCUT2D eigenvalue weighted by Gasteiger charge is 2.25. The number of hydrogen-bond acceptors (Lipinski definition) is 5. The first-order valence-electron chi connectivity index (χ1n) is 9.84. The number of halogens is 1. The molecule has 0 bridgehead atoms. The summed E-state index contributed by atoms with van der Waals surface area (Å²) < 4.78 is 15.3. The summed E-state index contributed by atoms with van der Waals surface area (Å²) in [4.78, 5) is 17.1. The van der Waals surface area contributed by atoms with Crippen LogP contribution in [0.4, 0.5) is 4.39 Å². The van der Waals surface area contributed by atoms with Gasteiger partial charge in [-0.05, 0) is 54.8 Å². The number of aromatic nitrogens is 2. The van der Waals surface area contributed by atoms with Crippen molar-refractivity contribution in [1.82, 2.24) is 14.9 Å². The van der Waals surface area contributed by atoms with Crippen LogP contribution < -0.4 is 5.32 Å². The zero-order valence-corrected chi connectivity index (χ0v) is 16.0. The van der Waals surface area contributed by atoms with Gasteiger partial charge in [-0.25, -0.2) is 9.37 Å². The number of aliphatic hydroxyl groups is 2. The number of rotatable bonds is 6. The van der Waals surface area contributed by atoms with Gasteiger partial charge in [-0.15, -0.1) is 0 Å². The molecule has 0 spiro atoms. The number of hydrogen-bond donors (Lipinski definition) is 3. The van der Waals surface area contributed by atoms with Crippen LogP contribution in [0.15, 0.2) is 42.5 Å². The van der Waals surface area contributed by atoms with Gasteiger partial charge in [-0.2, -0.15) is 0 Å². The maximum atomic E-state index is 13.5. The van der Waals surface area contributed by atoms with Crippen molar-refractivity contribution in [2.24, 2.45) is 0 Å². The summed E-state index contributed by atoms with van der Waals surface area (Å²) in [5.41, 5.74) is 2.92. The number of piperidine rings is 1. The summed E-state index contributed by atoms with van der Waals surface area (Å²) in [6.45, 7) is 0.589. The molecular formula is C22H24FN3O3. The third-order valence-electron chi connectivity index (χ3n) is 5.46. The molecule has 1 aromatic heterocycles. The van der Waals surface area contributed by atoms with E-state index in [2.05, 4.69) is 10.3 Å². The van der Waals surface area contributed by atoms with Crippen molar-refractivity contribution in [2.45, 2.75) is 44.6 Å². The highest BCUT2D eigenvalue weighted by Crippen LogP contribution is 2.26. The monoisotopic (exact) mass is 397 g/mol. The molecule has 1 fully saturated rings. The van der Waals surface area contributed by atoms with E-state index < -0.39 is 6.10 Å². The first-order chi connectivity index (χ1) is 14.0. The molecule has 1 saturated heterocycles. The molecule has 0 amide bonds. The van der Waals surface area contributed by atoms with Crippen LogP contribution in [0.2, 0.25) is 0 Å². The van der Waals surface area contributed by atoms with Gasteiger partial charge in [-0.3, -0.25) is 4.79 Å². The molecule has 4 rings (SSSR count). The van der Waals surface area contributed by atoms with E-state index in [0.29, 0.717) is 17.8 Å². The maximum Gasteiger partial charge on any atom is 0.154 e. The van der Waals surface area contributed by atoms with Gasteiger partial charge < -0.3 is 20.1 Å². The summed E-state index contributed by atoms with van der Waals surface area (Å²) in [5, 5.41) is 23.0. The van der Waals surface area contributed by atoms with E-state index in [-0.39, 0.29) is 37.2 Å². The van der Waals surface area contributed by atoms with E-state index in [4.69, 9.17) is 0 Å². The van der Waals surface area contributed by atoms with Crippen molar-refractivity contribution in [3.63, 3.8) is 0 Å². The number of fused-ring (bicyclic) bond motifs is 1. The van der Waals surface area contributed by atoms with Gasteiger partial charge in [0.05, 0.1) is 23.7 Å². The van der Waals surface area contributed by atoms with Crippen molar-refractivity contribution in [3.05, 3.63) is 54.1 Å². The van der Waals surface area contributed by atoms with Crippen LogP contribution in [0.25, 0.3) is 22.2 Å². The molecule has 2 aromatic carbocycles. The predicted octanol–water partition coefficient (Wildman–Crippen LogP) is 2.41. The molecule has 3 N–H and O–H groups in total. The Morgan fingerprint density at radius 2 is 2.07 bits per heavy atom. The summed E-state index contributed by atoms with van der Waals surface area (Å²) in [7, 11) is 0. The van der Waals surface area contributed by atoms with E-state index >= 15 is 0 Å². The summed E-state index contributed by atoms with van der Waals surface area (Å²) in [5.74, 6) is 0.0573. The quantitative estimate of drug-likeness (QED) is 0.595. The molecule has 2 heterocycles. The fourth-order valence-electron chi connectivity index (χ4n) is 3.95. The van der Waals surface area contributed by atoms with Gasteiger partial charge in [0.15, 0.2) is 5.78 Å². The molecule has 6 nitrogen and oxygen atoms in total. The van der Waals surface area contributed by atoms with Crippen LogP contribution in [0.3, 0.4) is 0 Å². The number of nitrogens with one attached hydrogen (secondary N) is 1. The van der Waals surface area contributed by atoms with E-state index in [1.807, 2.05) is 24.3 Å². The van der Waals surface area contributed by atoms with Crippen LogP contribution in [-0.2, 0) is 17.9 Å². The SMILES string of the molecule is O=C(C[C@H]1NCCC[C@@H]1O)Cn1c(CO)nc2cc(-c3cccc(F)c3)ccc21. The zero-order valence-electron chi connectivity index (χ0n) is 16.0. The Hall–Kier alpha value is -2.61. The van der Waals surface area contributed by atoms with Gasteiger partial charge in [0.25, 0.3) is 0 Å². The van der Waals surface area contributed by atoms with Crippen LogP contribution >= 0.6 is 0 Å². The Kier molecular flexibility index (Phi) is 5.71. The number of carbonyl (C=O) groups excluding carboxylic acids is 1. The molecule has 2 atom stereocenters. The van der Waals surface area contributed by atoms with Crippen molar-refractivity contribution in [1.29, 1.82) is 0 Å². The Labute approximate surface area is 168 Å². The lowest BCUT2D eigenvalue weighted by Gasteiger charge is -2.28. The molecule has 0 saturated carbocycles.